The lowest BCUT2D eigenvalue weighted by molar-refractivity contribution is -0.143. The summed E-state index contributed by atoms with van der Waals surface area (Å²) in [6, 6.07) is 0.832. The number of rotatable bonds is 5. The minimum atomic E-state index is -4.96. The zero-order valence-electron chi connectivity index (χ0n) is 10.9. The fourth-order valence-corrected chi connectivity index (χ4v) is 1.29. The molecule has 0 heterocycles. The van der Waals surface area contributed by atoms with E-state index in [2.05, 4.69) is 15.1 Å². The van der Waals surface area contributed by atoms with Gasteiger partial charge in [-0.1, -0.05) is 5.22 Å². The number of alkyl halides is 6. The molecule has 1 rings (SSSR count). The van der Waals surface area contributed by atoms with Crippen molar-refractivity contribution in [1.82, 2.24) is 5.01 Å². The highest BCUT2D eigenvalue weighted by molar-refractivity contribution is 5.45. The van der Waals surface area contributed by atoms with Crippen LogP contribution in [0.15, 0.2) is 28.5 Å². The van der Waals surface area contributed by atoms with Crippen molar-refractivity contribution in [3.8, 4) is 0 Å². The lowest BCUT2D eigenvalue weighted by Gasteiger charge is -2.13. The van der Waals surface area contributed by atoms with Crippen molar-refractivity contribution in [2.75, 3.05) is 13.8 Å². The summed E-state index contributed by atoms with van der Waals surface area (Å²) in [6.45, 7) is -0.268. The van der Waals surface area contributed by atoms with Gasteiger partial charge in [0.25, 0.3) is 6.47 Å². The first-order valence-electron chi connectivity index (χ1n) is 5.51. The molecule has 0 aliphatic heterocycles. The number of halogens is 6. The fourth-order valence-electron chi connectivity index (χ4n) is 1.29. The van der Waals surface area contributed by atoms with Gasteiger partial charge in [0.1, 0.15) is 0 Å². The van der Waals surface area contributed by atoms with Gasteiger partial charge in [0.15, 0.2) is 6.73 Å². The van der Waals surface area contributed by atoms with Crippen LogP contribution in [-0.4, -0.2) is 25.3 Å². The third kappa shape index (κ3) is 5.22. The van der Waals surface area contributed by atoms with Gasteiger partial charge < -0.3 is 4.74 Å². The van der Waals surface area contributed by atoms with E-state index in [1.165, 1.54) is 7.05 Å². The number of ether oxygens (including phenoxy) is 1. The third-order valence-electron chi connectivity index (χ3n) is 2.21. The average Bonchev–Trinajstić information content (AvgIpc) is 2.40. The number of hydrogen-bond donors (Lipinski definition) is 0. The molecule has 0 spiro atoms. The van der Waals surface area contributed by atoms with E-state index >= 15 is 0 Å². The van der Waals surface area contributed by atoms with E-state index in [4.69, 9.17) is 0 Å². The van der Waals surface area contributed by atoms with Crippen LogP contribution in [0.1, 0.15) is 11.1 Å². The van der Waals surface area contributed by atoms with E-state index in [9.17, 15) is 31.1 Å². The molecule has 0 atom stereocenters. The molecule has 22 heavy (non-hydrogen) atoms. The number of carbonyl (C=O) groups excluding carboxylic acids is 1. The first-order chi connectivity index (χ1) is 10.0. The Morgan fingerprint density at radius 3 is 2.00 bits per heavy atom. The second kappa shape index (κ2) is 6.62. The summed E-state index contributed by atoms with van der Waals surface area (Å²) in [6.07, 6.45) is -9.92. The second-order valence-electron chi connectivity index (χ2n) is 4.00. The van der Waals surface area contributed by atoms with Crippen molar-refractivity contribution < 1.29 is 35.9 Å². The highest BCUT2D eigenvalue weighted by Gasteiger charge is 2.36. The van der Waals surface area contributed by atoms with Gasteiger partial charge in [0.05, 0.1) is 16.8 Å². The largest absolute Gasteiger partial charge is 0.445 e. The van der Waals surface area contributed by atoms with Gasteiger partial charge in [-0.25, -0.2) is 5.01 Å². The molecule has 0 saturated heterocycles. The maximum Gasteiger partial charge on any atom is 0.416 e. The monoisotopic (exact) mass is 329 g/mol. The summed E-state index contributed by atoms with van der Waals surface area (Å²) < 4.78 is 79.8. The number of hydrogen-bond acceptors (Lipinski definition) is 4. The molecule has 1 aromatic rings. The lowest BCUT2D eigenvalue weighted by atomic mass is 10.1. The smallest absolute Gasteiger partial charge is 0.416 e. The Labute approximate surface area is 120 Å². The van der Waals surface area contributed by atoms with Gasteiger partial charge in [0, 0.05) is 7.05 Å². The Morgan fingerprint density at radius 2 is 1.59 bits per heavy atom. The van der Waals surface area contributed by atoms with Crippen molar-refractivity contribution in [3.63, 3.8) is 0 Å². The van der Waals surface area contributed by atoms with Crippen LogP contribution in [0.4, 0.5) is 32.0 Å². The van der Waals surface area contributed by atoms with E-state index in [1.54, 1.807) is 0 Å². The number of nitrogens with zero attached hydrogens (tertiary/aromatic N) is 3. The highest BCUT2D eigenvalue weighted by Crippen LogP contribution is 2.38. The first kappa shape index (κ1) is 17.7. The van der Waals surface area contributed by atoms with Gasteiger partial charge in [-0.05, 0) is 18.2 Å². The molecule has 0 unspecified atom stereocenters. The van der Waals surface area contributed by atoms with Crippen molar-refractivity contribution >= 4 is 12.2 Å². The second-order valence-corrected chi connectivity index (χ2v) is 4.00. The standard InChI is InChI=1S/C11H9F6N3O2/c1-20(5-22-6-21)19-18-9-3-7(10(12,13)14)2-8(4-9)11(15,16)17/h2-4,6H,5H2,1H3/b19-18+. The maximum absolute atomic E-state index is 12.6. The average molecular weight is 329 g/mol. The van der Waals surface area contributed by atoms with E-state index in [1.807, 2.05) is 0 Å². The van der Waals surface area contributed by atoms with E-state index in [0.717, 1.165) is 5.01 Å². The van der Waals surface area contributed by atoms with Crippen LogP contribution in [0.5, 0.6) is 0 Å². The van der Waals surface area contributed by atoms with Gasteiger partial charge in [-0.2, -0.15) is 26.3 Å². The molecular weight excluding hydrogens is 320 g/mol. The van der Waals surface area contributed by atoms with Gasteiger partial charge in [-0.3, -0.25) is 4.79 Å². The van der Waals surface area contributed by atoms with Crippen molar-refractivity contribution in [2.24, 2.45) is 10.3 Å². The quantitative estimate of drug-likeness (QED) is 0.272. The Hall–Kier alpha value is -2.33. The predicted octanol–water partition coefficient (Wildman–Crippen LogP) is 3.79. The number of carbonyl (C=O) groups is 1. The summed E-state index contributed by atoms with van der Waals surface area (Å²) in [5.74, 6) is 0. The van der Waals surface area contributed by atoms with E-state index in [0.29, 0.717) is 12.1 Å². The van der Waals surface area contributed by atoms with Crippen LogP contribution in [0.3, 0.4) is 0 Å². The normalized spacial score (nSPS) is 12.5. The molecule has 0 bridgehead atoms. The first-order valence-corrected chi connectivity index (χ1v) is 5.51. The SMILES string of the molecule is CN(COC=O)/N=N/c1cc(C(F)(F)F)cc(C(F)(F)F)c1. The molecule has 0 N–H and O–H groups in total. The fraction of sp³-hybridized carbons (Fsp3) is 0.364. The Kier molecular flexibility index (Phi) is 5.33. The molecule has 0 fully saturated rings. The zero-order valence-corrected chi connectivity index (χ0v) is 10.9. The van der Waals surface area contributed by atoms with Crippen LogP contribution in [0.2, 0.25) is 0 Å². The van der Waals surface area contributed by atoms with Crippen LogP contribution in [0.25, 0.3) is 0 Å². The molecule has 1 aromatic carbocycles. The van der Waals surface area contributed by atoms with Crippen molar-refractivity contribution in [3.05, 3.63) is 29.3 Å². The van der Waals surface area contributed by atoms with E-state index < -0.39 is 29.2 Å². The topological polar surface area (TPSA) is 54.3 Å². The Balaban J connectivity index is 3.13. The van der Waals surface area contributed by atoms with Crippen LogP contribution in [0, 0.1) is 0 Å². The van der Waals surface area contributed by atoms with Crippen molar-refractivity contribution in [1.29, 1.82) is 0 Å². The van der Waals surface area contributed by atoms with Gasteiger partial charge in [0.2, 0.25) is 0 Å². The lowest BCUT2D eigenvalue weighted by Crippen LogP contribution is -2.14. The minimum absolute atomic E-state index is 0.0156. The summed E-state index contributed by atoms with van der Waals surface area (Å²) in [7, 11) is 1.26. The highest BCUT2D eigenvalue weighted by atomic mass is 19.4. The molecule has 0 radical (unpaired) electrons. The van der Waals surface area contributed by atoms with Gasteiger partial charge in [-0.15, -0.1) is 5.11 Å². The molecular formula is C11H9F6N3O2. The van der Waals surface area contributed by atoms with Crippen LogP contribution < -0.4 is 0 Å². The molecule has 11 heteroatoms. The molecule has 5 nitrogen and oxygen atoms in total. The number of benzene rings is 1. The van der Waals surface area contributed by atoms with Crippen LogP contribution in [-0.2, 0) is 21.9 Å². The Morgan fingerprint density at radius 1 is 1.09 bits per heavy atom. The van der Waals surface area contributed by atoms with Gasteiger partial charge >= 0.3 is 12.4 Å². The summed E-state index contributed by atoms with van der Waals surface area (Å²) in [5, 5.41) is 7.49. The minimum Gasteiger partial charge on any atom is -0.445 e. The molecule has 0 aliphatic rings. The summed E-state index contributed by atoms with van der Waals surface area (Å²) >= 11 is 0. The molecule has 0 saturated carbocycles. The third-order valence-corrected chi connectivity index (χ3v) is 2.21. The molecule has 0 aliphatic carbocycles. The zero-order chi connectivity index (χ0) is 17.0. The molecule has 0 amide bonds. The Bertz CT molecular complexity index is 523. The van der Waals surface area contributed by atoms with Crippen molar-refractivity contribution in [2.45, 2.75) is 12.4 Å². The van der Waals surface area contributed by atoms with Crippen LogP contribution >= 0.6 is 0 Å². The van der Waals surface area contributed by atoms with E-state index in [-0.39, 0.29) is 19.3 Å². The summed E-state index contributed by atoms with van der Waals surface area (Å²) in [5.41, 5.74) is -3.63. The predicted molar refractivity (Wildman–Crippen MR) is 60.7 cm³/mol. The summed E-state index contributed by atoms with van der Waals surface area (Å²) in [4.78, 5) is 9.92. The molecule has 122 valence electrons. The maximum atomic E-state index is 12.6. The molecule has 0 aromatic heterocycles.